The molecule has 0 saturated heterocycles. The van der Waals surface area contributed by atoms with Crippen LogP contribution < -0.4 is 10.2 Å². The van der Waals surface area contributed by atoms with Gasteiger partial charge in [0.1, 0.15) is 17.4 Å². The van der Waals surface area contributed by atoms with Crippen LogP contribution in [-0.4, -0.2) is 18.7 Å². The first kappa shape index (κ1) is 15.6. The SMILES string of the molecule is CCOc1ccc(C(=O)N/N=C\c2ccc(F)cc2F)cc1. The number of carbonyl (C=O) groups is 1. The zero-order valence-electron chi connectivity index (χ0n) is 11.8. The molecule has 0 radical (unpaired) electrons. The minimum Gasteiger partial charge on any atom is -0.494 e. The molecule has 0 atom stereocenters. The fraction of sp³-hybridized carbons (Fsp3) is 0.125. The lowest BCUT2D eigenvalue weighted by Crippen LogP contribution is -2.17. The van der Waals surface area contributed by atoms with E-state index < -0.39 is 17.5 Å². The van der Waals surface area contributed by atoms with E-state index in [4.69, 9.17) is 4.74 Å². The largest absolute Gasteiger partial charge is 0.494 e. The molecule has 4 nitrogen and oxygen atoms in total. The number of nitrogens with zero attached hydrogens (tertiary/aromatic N) is 1. The molecule has 2 aromatic rings. The second-order valence-corrected chi connectivity index (χ2v) is 4.32. The van der Waals surface area contributed by atoms with Crippen LogP contribution in [0.4, 0.5) is 8.78 Å². The Morgan fingerprint density at radius 1 is 1.23 bits per heavy atom. The molecule has 0 fully saturated rings. The Labute approximate surface area is 126 Å². The summed E-state index contributed by atoms with van der Waals surface area (Å²) in [5.41, 5.74) is 2.74. The maximum absolute atomic E-state index is 13.4. The third kappa shape index (κ3) is 4.12. The van der Waals surface area contributed by atoms with Gasteiger partial charge in [0.2, 0.25) is 0 Å². The first-order valence-electron chi connectivity index (χ1n) is 6.61. The van der Waals surface area contributed by atoms with Crippen LogP contribution in [0.3, 0.4) is 0 Å². The van der Waals surface area contributed by atoms with Gasteiger partial charge in [-0.05, 0) is 43.3 Å². The molecule has 6 heteroatoms. The Morgan fingerprint density at radius 3 is 2.59 bits per heavy atom. The van der Waals surface area contributed by atoms with Crippen LogP contribution in [0.2, 0.25) is 0 Å². The van der Waals surface area contributed by atoms with Crippen molar-refractivity contribution in [3.63, 3.8) is 0 Å². The Morgan fingerprint density at radius 2 is 1.95 bits per heavy atom. The maximum atomic E-state index is 13.4. The first-order valence-corrected chi connectivity index (χ1v) is 6.61. The topological polar surface area (TPSA) is 50.7 Å². The second kappa shape index (κ2) is 7.31. The smallest absolute Gasteiger partial charge is 0.271 e. The van der Waals surface area contributed by atoms with E-state index >= 15 is 0 Å². The van der Waals surface area contributed by atoms with E-state index in [-0.39, 0.29) is 5.56 Å². The van der Waals surface area contributed by atoms with Crippen LogP contribution in [0.15, 0.2) is 47.6 Å². The fourth-order valence-electron chi connectivity index (χ4n) is 1.70. The van der Waals surface area contributed by atoms with E-state index in [9.17, 15) is 13.6 Å². The van der Waals surface area contributed by atoms with Crippen molar-refractivity contribution in [2.24, 2.45) is 5.10 Å². The predicted octanol–water partition coefficient (Wildman–Crippen LogP) is 3.13. The molecular weight excluding hydrogens is 290 g/mol. The number of carbonyl (C=O) groups excluding carboxylic acids is 1. The molecule has 0 aliphatic carbocycles. The number of halogens is 2. The van der Waals surface area contributed by atoms with Crippen molar-refractivity contribution < 1.29 is 18.3 Å². The van der Waals surface area contributed by atoms with Gasteiger partial charge in [0.05, 0.1) is 12.8 Å². The van der Waals surface area contributed by atoms with Gasteiger partial charge in [-0.25, -0.2) is 14.2 Å². The van der Waals surface area contributed by atoms with E-state index in [0.717, 1.165) is 18.3 Å². The normalized spacial score (nSPS) is 10.7. The minimum atomic E-state index is -0.751. The van der Waals surface area contributed by atoms with Gasteiger partial charge in [-0.1, -0.05) is 0 Å². The second-order valence-electron chi connectivity index (χ2n) is 4.32. The summed E-state index contributed by atoms with van der Waals surface area (Å²) in [5, 5.41) is 3.65. The number of benzene rings is 2. The number of nitrogens with one attached hydrogen (secondary N) is 1. The molecular formula is C16H14F2N2O2. The Balaban J connectivity index is 1.98. The summed E-state index contributed by atoms with van der Waals surface area (Å²) in [6.07, 6.45) is 1.11. The molecule has 0 saturated carbocycles. The third-order valence-corrected chi connectivity index (χ3v) is 2.76. The van der Waals surface area contributed by atoms with Gasteiger partial charge in [0, 0.05) is 17.2 Å². The van der Waals surface area contributed by atoms with Gasteiger partial charge in [-0.3, -0.25) is 4.79 Å². The molecule has 22 heavy (non-hydrogen) atoms. The highest BCUT2D eigenvalue weighted by atomic mass is 19.1. The van der Waals surface area contributed by atoms with E-state index in [1.54, 1.807) is 24.3 Å². The number of hydrazone groups is 1. The lowest BCUT2D eigenvalue weighted by atomic mass is 10.2. The Bertz CT molecular complexity index is 685. The monoisotopic (exact) mass is 304 g/mol. The van der Waals surface area contributed by atoms with Gasteiger partial charge in [-0.15, -0.1) is 0 Å². The molecule has 0 aliphatic rings. The molecule has 0 aliphatic heterocycles. The van der Waals surface area contributed by atoms with Crippen LogP contribution >= 0.6 is 0 Å². The number of ether oxygens (including phenoxy) is 1. The van der Waals surface area contributed by atoms with E-state index in [0.29, 0.717) is 17.9 Å². The molecule has 0 aromatic heterocycles. The highest BCUT2D eigenvalue weighted by Gasteiger charge is 2.05. The zero-order valence-corrected chi connectivity index (χ0v) is 11.8. The average Bonchev–Trinajstić information content (AvgIpc) is 2.50. The molecule has 1 N–H and O–H groups in total. The summed E-state index contributed by atoms with van der Waals surface area (Å²) in [7, 11) is 0. The minimum absolute atomic E-state index is 0.0772. The Hall–Kier alpha value is -2.76. The molecule has 2 aromatic carbocycles. The van der Waals surface area contributed by atoms with Crippen LogP contribution in [0.5, 0.6) is 5.75 Å². The maximum Gasteiger partial charge on any atom is 0.271 e. The van der Waals surface area contributed by atoms with Crippen molar-refractivity contribution in [2.75, 3.05) is 6.61 Å². The summed E-state index contributed by atoms with van der Waals surface area (Å²) in [6, 6.07) is 9.61. The fourth-order valence-corrected chi connectivity index (χ4v) is 1.70. The van der Waals surface area contributed by atoms with Crippen molar-refractivity contribution in [1.29, 1.82) is 0 Å². The van der Waals surface area contributed by atoms with Crippen molar-refractivity contribution >= 4 is 12.1 Å². The molecule has 2 rings (SSSR count). The van der Waals surface area contributed by atoms with Gasteiger partial charge >= 0.3 is 0 Å². The number of hydrogen-bond donors (Lipinski definition) is 1. The zero-order chi connectivity index (χ0) is 15.9. The average molecular weight is 304 g/mol. The number of rotatable bonds is 5. The van der Waals surface area contributed by atoms with Crippen molar-refractivity contribution in [3.8, 4) is 5.75 Å². The van der Waals surface area contributed by atoms with Crippen molar-refractivity contribution in [1.82, 2.24) is 5.43 Å². The highest BCUT2D eigenvalue weighted by Crippen LogP contribution is 2.12. The van der Waals surface area contributed by atoms with Crippen LogP contribution in [0, 0.1) is 11.6 Å². The predicted molar refractivity (Wildman–Crippen MR) is 79.0 cm³/mol. The quantitative estimate of drug-likeness (QED) is 0.681. The van der Waals surface area contributed by atoms with Crippen molar-refractivity contribution in [3.05, 3.63) is 65.2 Å². The molecule has 0 unspecified atom stereocenters. The summed E-state index contributed by atoms with van der Waals surface area (Å²) in [5.74, 6) is -1.20. The summed E-state index contributed by atoms with van der Waals surface area (Å²) >= 11 is 0. The summed E-state index contributed by atoms with van der Waals surface area (Å²) < 4.78 is 31.4. The molecule has 0 heterocycles. The van der Waals surface area contributed by atoms with Gasteiger partial charge in [-0.2, -0.15) is 5.10 Å². The molecule has 0 bridgehead atoms. The summed E-state index contributed by atoms with van der Waals surface area (Å²) in [4.78, 5) is 11.8. The van der Waals surface area contributed by atoms with E-state index in [1.165, 1.54) is 6.07 Å². The number of hydrogen-bond acceptors (Lipinski definition) is 3. The Kier molecular flexibility index (Phi) is 5.19. The van der Waals surface area contributed by atoms with E-state index in [2.05, 4.69) is 10.5 Å². The third-order valence-electron chi connectivity index (χ3n) is 2.76. The standard InChI is InChI=1S/C16H14F2N2O2/c1-2-22-14-7-4-11(5-8-14)16(21)20-19-10-12-3-6-13(17)9-15(12)18/h3-10H,2H2,1H3,(H,20,21)/b19-10-. The lowest BCUT2D eigenvalue weighted by Gasteiger charge is -2.04. The lowest BCUT2D eigenvalue weighted by molar-refractivity contribution is 0.0955. The van der Waals surface area contributed by atoms with Crippen molar-refractivity contribution in [2.45, 2.75) is 6.92 Å². The van der Waals surface area contributed by atoms with Crippen LogP contribution in [-0.2, 0) is 0 Å². The van der Waals surface area contributed by atoms with E-state index in [1.807, 2.05) is 6.92 Å². The first-order chi connectivity index (χ1) is 10.6. The summed E-state index contributed by atoms with van der Waals surface area (Å²) in [6.45, 7) is 2.41. The van der Waals surface area contributed by atoms with Gasteiger partial charge < -0.3 is 4.74 Å². The molecule has 0 spiro atoms. The van der Waals surface area contributed by atoms with Gasteiger partial charge in [0.15, 0.2) is 0 Å². The van der Waals surface area contributed by atoms with Crippen LogP contribution in [0.25, 0.3) is 0 Å². The van der Waals surface area contributed by atoms with Gasteiger partial charge in [0.25, 0.3) is 5.91 Å². The highest BCUT2D eigenvalue weighted by molar-refractivity contribution is 5.95. The molecule has 1 amide bonds. The molecule has 114 valence electrons. The number of amides is 1. The van der Waals surface area contributed by atoms with Crippen LogP contribution in [0.1, 0.15) is 22.8 Å².